The number of nitrogens with one attached hydrogen (secondary N) is 1. The van der Waals surface area contributed by atoms with E-state index in [2.05, 4.69) is 22.2 Å². The maximum atomic E-state index is 5.41. The predicted octanol–water partition coefficient (Wildman–Crippen LogP) is 2.42. The number of aryl methyl sites for hydroxylation is 1. The van der Waals surface area contributed by atoms with Gasteiger partial charge in [0, 0.05) is 32.1 Å². The Bertz CT molecular complexity index is 529. The van der Waals surface area contributed by atoms with E-state index in [1.165, 1.54) is 11.1 Å². The molecule has 20 heavy (non-hydrogen) atoms. The van der Waals surface area contributed by atoms with Crippen LogP contribution in [0, 0.1) is 6.92 Å². The van der Waals surface area contributed by atoms with Crippen LogP contribution in [0.1, 0.15) is 11.1 Å². The Balaban J connectivity index is 1.86. The zero-order chi connectivity index (χ0) is 14.2. The van der Waals surface area contributed by atoms with Crippen LogP contribution >= 0.6 is 0 Å². The summed E-state index contributed by atoms with van der Waals surface area (Å²) in [7, 11) is 1.64. The lowest BCUT2D eigenvalue weighted by Gasteiger charge is -2.09. The van der Waals surface area contributed by atoms with Crippen LogP contribution < -0.4 is 10.1 Å². The second-order valence-corrected chi connectivity index (χ2v) is 4.38. The molecular formula is C15H19N3O2. The Morgan fingerprint density at radius 2 is 2.05 bits per heavy atom. The second-order valence-electron chi connectivity index (χ2n) is 4.38. The highest BCUT2D eigenvalue weighted by atomic mass is 16.5. The van der Waals surface area contributed by atoms with Crippen LogP contribution in [0.4, 0.5) is 5.69 Å². The van der Waals surface area contributed by atoms with Crippen LogP contribution in [0.15, 0.2) is 36.8 Å². The molecule has 1 N–H and O–H groups in total. The van der Waals surface area contributed by atoms with Gasteiger partial charge in [0.05, 0.1) is 18.5 Å². The molecule has 2 heterocycles. The highest BCUT2D eigenvalue weighted by Crippen LogP contribution is 2.13. The number of rotatable bonds is 7. The van der Waals surface area contributed by atoms with Gasteiger partial charge in [-0.15, -0.1) is 0 Å². The van der Waals surface area contributed by atoms with Crippen LogP contribution in [0.25, 0.3) is 0 Å². The molecule has 0 aromatic carbocycles. The van der Waals surface area contributed by atoms with Crippen molar-refractivity contribution >= 4 is 5.69 Å². The van der Waals surface area contributed by atoms with Gasteiger partial charge in [-0.1, -0.05) is 0 Å². The molecule has 5 nitrogen and oxygen atoms in total. The summed E-state index contributed by atoms with van der Waals surface area (Å²) < 4.78 is 10.3. The molecule has 2 aromatic heterocycles. The Kier molecular flexibility index (Phi) is 5.32. The summed E-state index contributed by atoms with van der Waals surface area (Å²) in [6.45, 7) is 3.86. The van der Waals surface area contributed by atoms with Crippen LogP contribution in [0.3, 0.4) is 0 Å². The van der Waals surface area contributed by atoms with Crippen molar-refractivity contribution in [2.24, 2.45) is 0 Å². The summed E-state index contributed by atoms with van der Waals surface area (Å²) in [6.07, 6.45) is 5.43. The highest BCUT2D eigenvalue weighted by Gasteiger charge is 1.99. The monoisotopic (exact) mass is 273 g/mol. The van der Waals surface area contributed by atoms with Crippen molar-refractivity contribution in [1.29, 1.82) is 0 Å². The molecule has 0 radical (unpaired) electrons. The average molecular weight is 273 g/mol. The Hall–Kier alpha value is -2.14. The number of hydrogen-bond acceptors (Lipinski definition) is 5. The van der Waals surface area contributed by atoms with E-state index in [-0.39, 0.29) is 0 Å². The first-order chi connectivity index (χ1) is 9.79. The van der Waals surface area contributed by atoms with E-state index < -0.39 is 0 Å². The zero-order valence-corrected chi connectivity index (χ0v) is 11.8. The summed E-state index contributed by atoms with van der Waals surface area (Å²) in [6, 6.07) is 5.79. The third kappa shape index (κ3) is 4.20. The van der Waals surface area contributed by atoms with Gasteiger partial charge in [-0.2, -0.15) is 0 Å². The normalized spacial score (nSPS) is 10.3. The molecular weight excluding hydrogens is 254 g/mol. The van der Waals surface area contributed by atoms with E-state index >= 15 is 0 Å². The maximum Gasteiger partial charge on any atom is 0.213 e. The molecule has 0 atom stereocenters. The zero-order valence-electron chi connectivity index (χ0n) is 11.8. The summed E-state index contributed by atoms with van der Waals surface area (Å²) in [4.78, 5) is 8.36. The number of ether oxygens (including phenoxy) is 2. The largest absolute Gasteiger partial charge is 0.475 e. The number of hydrogen-bond donors (Lipinski definition) is 1. The predicted molar refractivity (Wildman–Crippen MR) is 77.9 cm³/mol. The van der Waals surface area contributed by atoms with E-state index in [9.17, 15) is 0 Å². The Labute approximate surface area is 119 Å². The third-order valence-corrected chi connectivity index (χ3v) is 2.90. The van der Waals surface area contributed by atoms with Gasteiger partial charge in [-0.25, -0.2) is 4.98 Å². The summed E-state index contributed by atoms with van der Waals surface area (Å²) >= 11 is 0. The van der Waals surface area contributed by atoms with E-state index in [1.54, 1.807) is 19.5 Å². The van der Waals surface area contributed by atoms with Gasteiger partial charge in [-0.3, -0.25) is 4.98 Å². The van der Waals surface area contributed by atoms with E-state index in [4.69, 9.17) is 9.47 Å². The fourth-order valence-electron chi connectivity index (χ4n) is 1.68. The number of pyridine rings is 2. The standard InChI is InChI=1S/C15H19N3O2/c1-12-5-6-16-9-13(12)10-17-14-3-4-15(18-11-14)20-8-7-19-2/h3-6,9,11,17H,7-8,10H2,1-2H3. The molecule has 0 unspecified atom stereocenters. The SMILES string of the molecule is COCCOc1ccc(NCc2cnccc2C)cn1. The number of anilines is 1. The molecule has 5 heteroatoms. The van der Waals surface area contributed by atoms with E-state index in [0.717, 1.165) is 12.2 Å². The van der Waals surface area contributed by atoms with Crippen LogP contribution in [0.2, 0.25) is 0 Å². The lowest BCUT2D eigenvalue weighted by atomic mass is 10.1. The van der Waals surface area contributed by atoms with E-state index in [0.29, 0.717) is 19.1 Å². The van der Waals surface area contributed by atoms with Crippen LogP contribution in [0.5, 0.6) is 5.88 Å². The topological polar surface area (TPSA) is 56.3 Å². The second kappa shape index (κ2) is 7.45. The fraction of sp³-hybridized carbons (Fsp3) is 0.333. The van der Waals surface area contributed by atoms with Gasteiger partial charge in [0.25, 0.3) is 0 Å². The summed E-state index contributed by atoms with van der Waals surface area (Å²) in [5.41, 5.74) is 3.35. The molecule has 0 aliphatic carbocycles. The lowest BCUT2D eigenvalue weighted by Crippen LogP contribution is -2.06. The third-order valence-electron chi connectivity index (χ3n) is 2.90. The van der Waals surface area contributed by atoms with Gasteiger partial charge < -0.3 is 14.8 Å². The first-order valence-electron chi connectivity index (χ1n) is 6.51. The van der Waals surface area contributed by atoms with Gasteiger partial charge in [0.15, 0.2) is 0 Å². The quantitative estimate of drug-likeness (QED) is 0.785. The molecule has 0 fully saturated rings. The van der Waals surface area contributed by atoms with Crippen molar-refractivity contribution in [3.05, 3.63) is 47.9 Å². The number of aromatic nitrogens is 2. The first-order valence-corrected chi connectivity index (χ1v) is 6.51. The number of methoxy groups -OCH3 is 1. The maximum absolute atomic E-state index is 5.41. The van der Waals surface area contributed by atoms with Gasteiger partial charge >= 0.3 is 0 Å². The molecule has 0 aliphatic rings. The van der Waals surface area contributed by atoms with Crippen molar-refractivity contribution in [3.63, 3.8) is 0 Å². The van der Waals surface area contributed by atoms with Crippen molar-refractivity contribution in [3.8, 4) is 5.88 Å². The number of nitrogens with zero attached hydrogens (tertiary/aromatic N) is 2. The fourth-order valence-corrected chi connectivity index (χ4v) is 1.68. The minimum absolute atomic E-state index is 0.505. The van der Waals surface area contributed by atoms with Crippen molar-refractivity contribution in [1.82, 2.24) is 9.97 Å². The van der Waals surface area contributed by atoms with Crippen molar-refractivity contribution < 1.29 is 9.47 Å². The highest BCUT2D eigenvalue weighted by molar-refractivity contribution is 5.43. The molecule has 0 amide bonds. The minimum Gasteiger partial charge on any atom is -0.475 e. The molecule has 0 spiro atoms. The van der Waals surface area contributed by atoms with Gasteiger partial charge in [-0.05, 0) is 30.2 Å². The minimum atomic E-state index is 0.505. The average Bonchev–Trinajstić information content (AvgIpc) is 2.48. The molecule has 2 rings (SSSR count). The molecule has 0 saturated carbocycles. The molecule has 0 bridgehead atoms. The van der Waals surface area contributed by atoms with Crippen molar-refractivity contribution in [2.75, 3.05) is 25.6 Å². The van der Waals surface area contributed by atoms with Crippen LogP contribution in [-0.2, 0) is 11.3 Å². The molecule has 0 saturated heterocycles. The van der Waals surface area contributed by atoms with Crippen molar-refractivity contribution in [2.45, 2.75) is 13.5 Å². The Morgan fingerprint density at radius 3 is 2.75 bits per heavy atom. The van der Waals surface area contributed by atoms with Gasteiger partial charge in [0.1, 0.15) is 6.61 Å². The molecule has 0 aliphatic heterocycles. The first kappa shape index (κ1) is 14.3. The summed E-state index contributed by atoms with van der Waals surface area (Å²) in [5, 5.41) is 3.31. The van der Waals surface area contributed by atoms with E-state index in [1.807, 2.05) is 24.4 Å². The molecule has 2 aromatic rings. The smallest absolute Gasteiger partial charge is 0.213 e. The van der Waals surface area contributed by atoms with Gasteiger partial charge in [0.2, 0.25) is 5.88 Å². The Morgan fingerprint density at radius 1 is 1.15 bits per heavy atom. The van der Waals surface area contributed by atoms with Crippen LogP contribution in [-0.4, -0.2) is 30.3 Å². The lowest BCUT2D eigenvalue weighted by molar-refractivity contribution is 0.144. The molecule has 106 valence electrons. The summed E-state index contributed by atoms with van der Waals surface area (Å²) in [5.74, 6) is 0.602.